The lowest BCUT2D eigenvalue weighted by atomic mass is 9.81. The minimum Gasteiger partial charge on any atom is -0.298 e. The molecule has 3 saturated carbocycles. The summed E-state index contributed by atoms with van der Waals surface area (Å²) in [5.41, 5.74) is 1.57. The average Bonchev–Trinajstić information content (AvgIpc) is 3.33. The Morgan fingerprint density at radius 1 is 0.680 bits per heavy atom. The highest BCUT2D eigenvalue weighted by Crippen LogP contribution is 2.47. The molecule has 2 bridgehead atoms. The van der Waals surface area contributed by atoms with E-state index in [0.29, 0.717) is 0 Å². The molecule has 3 aliphatic carbocycles. The van der Waals surface area contributed by atoms with Crippen molar-refractivity contribution in [2.24, 2.45) is 11.8 Å². The lowest BCUT2D eigenvalue weighted by Gasteiger charge is -2.45. The molecule has 0 amide bonds. The summed E-state index contributed by atoms with van der Waals surface area (Å²) in [6.45, 7) is 5.34. The molecule has 2 heteroatoms. The predicted octanol–water partition coefficient (Wildman–Crippen LogP) is 4.52. The smallest absolute Gasteiger partial charge is 0.0127 e. The van der Waals surface area contributed by atoms with Crippen LogP contribution in [-0.4, -0.2) is 48.1 Å². The van der Waals surface area contributed by atoms with E-state index in [4.69, 9.17) is 0 Å². The van der Waals surface area contributed by atoms with Gasteiger partial charge in [0.1, 0.15) is 0 Å². The zero-order valence-electron chi connectivity index (χ0n) is 15.7. The number of piperazine rings is 1. The quantitative estimate of drug-likeness (QED) is 0.799. The third-order valence-corrected chi connectivity index (χ3v) is 8.00. The Bertz CT molecular complexity index is 555. The van der Waals surface area contributed by atoms with Gasteiger partial charge in [-0.05, 0) is 68.3 Å². The zero-order valence-corrected chi connectivity index (χ0v) is 15.7. The molecular formula is C23H34N2. The lowest BCUT2D eigenvalue weighted by molar-refractivity contribution is 0.0394. The van der Waals surface area contributed by atoms with Gasteiger partial charge in [-0.25, -0.2) is 0 Å². The fourth-order valence-corrected chi connectivity index (χ4v) is 6.59. The molecule has 0 aromatic heterocycles. The summed E-state index contributed by atoms with van der Waals surface area (Å²) >= 11 is 0. The predicted molar refractivity (Wildman–Crippen MR) is 104 cm³/mol. The van der Waals surface area contributed by atoms with Gasteiger partial charge >= 0.3 is 0 Å². The Hall–Kier alpha value is -0.860. The fourth-order valence-electron chi connectivity index (χ4n) is 6.59. The summed E-state index contributed by atoms with van der Waals surface area (Å²) in [4.78, 5) is 5.71. The first kappa shape index (κ1) is 16.3. The summed E-state index contributed by atoms with van der Waals surface area (Å²) in [5, 5.41) is 0. The molecule has 5 rings (SSSR count). The van der Waals surface area contributed by atoms with Crippen LogP contribution in [-0.2, 0) is 0 Å². The van der Waals surface area contributed by atoms with Crippen LogP contribution in [0.1, 0.15) is 62.8 Å². The molecule has 1 aromatic carbocycles. The van der Waals surface area contributed by atoms with Gasteiger partial charge in [-0.1, -0.05) is 36.8 Å². The minimum atomic E-state index is 0.813. The minimum absolute atomic E-state index is 0.813. The Kier molecular flexibility index (Phi) is 4.60. The molecule has 4 fully saturated rings. The molecule has 1 saturated heterocycles. The molecule has 2 nitrogen and oxygen atoms in total. The molecule has 0 unspecified atom stereocenters. The Morgan fingerprint density at radius 3 is 2.04 bits per heavy atom. The number of hydrogen-bond donors (Lipinski definition) is 0. The van der Waals surface area contributed by atoms with E-state index >= 15 is 0 Å². The first-order valence-electron chi connectivity index (χ1n) is 10.9. The van der Waals surface area contributed by atoms with Gasteiger partial charge in [-0.15, -0.1) is 0 Å². The van der Waals surface area contributed by atoms with Gasteiger partial charge in [0.2, 0.25) is 0 Å². The molecule has 1 heterocycles. The van der Waals surface area contributed by atoms with Crippen LogP contribution in [0.2, 0.25) is 0 Å². The third kappa shape index (κ3) is 3.28. The van der Waals surface area contributed by atoms with E-state index in [1.165, 1.54) is 71.1 Å². The van der Waals surface area contributed by atoms with Crippen molar-refractivity contribution in [1.82, 2.24) is 9.80 Å². The summed E-state index contributed by atoms with van der Waals surface area (Å²) in [7, 11) is 0. The summed E-state index contributed by atoms with van der Waals surface area (Å²) in [6.07, 6.45) is 11.7. The second-order valence-corrected chi connectivity index (χ2v) is 9.23. The standard InChI is InChI=1S/C23H34N2/c1-2-4-19(5-3-1)20-8-10-22(11-9-20)24-12-14-25(15-13-24)23-17-18-6-7-21(23)16-18/h1-5,18,20-23H,6-17H2/t18-,20?,21+,22?,23+/m0/s1. The number of rotatable bonds is 3. The number of fused-ring (bicyclic) bond motifs is 2. The lowest BCUT2D eigenvalue weighted by Crippen LogP contribution is -2.54. The van der Waals surface area contributed by atoms with Gasteiger partial charge in [0.15, 0.2) is 0 Å². The highest BCUT2D eigenvalue weighted by Gasteiger charge is 2.43. The van der Waals surface area contributed by atoms with Crippen molar-refractivity contribution in [1.29, 1.82) is 0 Å². The van der Waals surface area contributed by atoms with Crippen molar-refractivity contribution < 1.29 is 0 Å². The van der Waals surface area contributed by atoms with Gasteiger partial charge in [0.05, 0.1) is 0 Å². The van der Waals surface area contributed by atoms with Crippen molar-refractivity contribution in [3.63, 3.8) is 0 Å². The van der Waals surface area contributed by atoms with Crippen LogP contribution in [0.4, 0.5) is 0 Å². The maximum absolute atomic E-state index is 2.87. The van der Waals surface area contributed by atoms with Crippen molar-refractivity contribution >= 4 is 0 Å². The monoisotopic (exact) mass is 338 g/mol. The van der Waals surface area contributed by atoms with Crippen LogP contribution >= 0.6 is 0 Å². The summed E-state index contributed by atoms with van der Waals surface area (Å²) in [6, 6.07) is 13.0. The van der Waals surface area contributed by atoms with Crippen LogP contribution in [0.15, 0.2) is 30.3 Å². The number of benzene rings is 1. The van der Waals surface area contributed by atoms with Crippen molar-refractivity contribution in [2.45, 2.75) is 69.4 Å². The molecule has 136 valence electrons. The van der Waals surface area contributed by atoms with Gasteiger partial charge in [0, 0.05) is 38.3 Å². The maximum atomic E-state index is 2.87. The highest BCUT2D eigenvalue weighted by molar-refractivity contribution is 5.20. The van der Waals surface area contributed by atoms with Crippen LogP contribution in [0.25, 0.3) is 0 Å². The SMILES string of the molecule is c1ccc(C2CCC(N3CCN([C@@H]4C[C@H]5CC[C@@H]4C5)CC3)CC2)cc1. The molecule has 0 radical (unpaired) electrons. The summed E-state index contributed by atoms with van der Waals surface area (Å²) < 4.78 is 0. The second-order valence-electron chi connectivity index (χ2n) is 9.23. The maximum Gasteiger partial charge on any atom is 0.0127 e. The van der Waals surface area contributed by atoms with E-state index in [0.717, 1.165) is 29.8 Å². The average molecular weight is 339 g/mol. The van der Waals surface area contributed by atoms with E-state index < -0.39 is 0 Å². The molecule has 4 aliphatic rings. The molecule has 25 heavy (non-hydrogen) atoms. The molecule has 0 spiro atoms. The second kappa shape index (κ2) is 7.04. The number of nitrogens with zero attached hydrogens (tertiary/aromatic N) is 2. The van der Waals surface area contributed by atoms with Gasteiger partial charge in [-0.2, -0.15) is 0 Å². The van der Waals surface area contributed by atoms with Crippen LogP contribution < -0.4 is 0 Å². The third-order valence-electron chi connectivity index (χ3n) is 8.00. The van der Waals surface area contributed by atoms with E-state index in [1.807, 2.05) is 0 Å². The van der Waals surface area contributed by atoms with Crippen molar-refractivity contribution in [3.05, 3.63) is 35.9 Å². The largest absolute Gasteiger partial charge is 0.298 e. The Balaban J connectivity index is 1.11. The fraction of sp³-hybridized carbons (Fsp3) is 0.739. The van der Waals surface area contributed by atoms with E-state index in [1.54, 1.807) is 12.0 Å². The van der Waals surface area contributed by atoms with E-state index in [2.05, 4.69) is 40.1 Å². The molecule has 3 atom stereocenters. The van der Waals surface area contributed by atoms with Crippen LogP contribution in [0, 0.1) is 11.8 Å². The number of hydrogen-bond acceptors (Lipinski definition) is 2. The molecule has 1 aromatic rings. The normalized spacial score (nSPS) is 39.8. The Labute approximate surface area is 153 Å². The van der Waals surface area contributed by atoms with Gasteiger partial charge in [-0.3, -0.25) is 9.80 Å². The van der Waals surface area contributed by atoms with Crippen molar-refractivity contribution in [3.8, 4) is 0 Å². The summed E-state index contributed by atoms with van der Waals surface area (Å²) in [5.74, 6) is 2.95. The Morgan fingerprint density at radius 2 is 1.40 bits per heavy atom. The van der Waals surface area contributed by atoms with Gasteiger partial charge in [0.25, 0.3) is 0 Å². The van der Waals surface area contributed by atoms with Gasteiger partial charge < -0.3 is 0 Å². The van der Waals surface area contributed by atoms with Crippen LogP contribution in [0.5, 0.6) is 0 Å². The molecule has 1 aliphatic heterocycles. The zero-order chi connectivity index (χ0) is 16.6. The first-order chi connectivity index (χ1) is 12.4. The first-order valence-corrected chi connectivity index (χ1v) is 10.9. The highest BCUT2D eigenvalue weighted by atomic mass is 15.3. The van der Waals surface area contributed by atoms with E-state index in [9.17, 15) is 0 Å². The van der Waals surface area contributed by atoms with E-state index in [-0.39, 0.29) is 0 Å². The topological polar surface area (TPSA) is 6.48 Å². The van der Waals surface area contributed by atoms with Crippen LogP contribution in [0.3, 0.4) is 0 Å². The molecular weight excluding hydrogens is 304 g/mol. The van der Waals surface area contributed by atoms with Crippen molar-refractivity contribution in [2.75, 3.05) is 26.2 Å². The molecule has 0 N–H and O–H groups in total.